The first-order valence-corrected chi connectivity index (χ1v) is 8.35. The van der Waals surface area contributed by atoms with E-state index in [0.29, 0.717) is 29.6 Å². The average Bonchev–Trinajstić information content (AvgIpc) is 3.02. The van der Waals surface area contributed by atoms with E-state index in [-0.39, 0.29) is 11.7 Å². The Kier molecular flexibility index (Phi) is 4.48. The van der Waals surface area contributed by atoms with Gasteiger partial charge in [-0.15, -0.1) is 0 Å². The highest BCUT2D eigenvalue weighted by molar-refractivity contribution is 5.91. The molecular weight excluding hydrogens is 248 g/mol. The fourth-order valence-electron chi connectivity index (χ4n) is 3.62. The van der Waals surface area contributed by atoms with E-state index in [4.69, 9.17) is 0 Å². The lowest BCUT2D eigenvalue weighted by Crippen LogP contribution is -2.43. The summed E-state index contributed by atoms with van der Waals surface area (Å²) in [5.74, 6) is 2.82. The highest BCUT2D eigenvalue weighted by Crippen LogP contribution is 2.43. The molecule has 0 aromatic carbocycles. The topological polar surface area (TPSA) is 32.3 Å². The molecule has 1 aliphatic heterocycles. The third-order valence-corrected chi connectivity index (χ3v) is 5.05. The van der Waals surface area contributed by atoms with Gasteiger partial charge in [-0.2, -0.15) is 0 Å². The van der Waals surface area contributed by atoms with Crippen molar-refractivity contribution in [3.63, 3.8) is 0 Å². The molecule has 3 heteroatoms. The summed E-state index contributed by atoms with van der Waals surface area (Å²) in [7, 11) is 0. The van der Waals surface area contributed by atoms with E-state index in [1.165, 1.54) is 0 Å². The van der Waals surface area contributed by atoms with Gasteiger partial charge in [-0.25, -0.2) is 0 Å². The molecule has 1 unspecified atom stereocenters. The van der Waals surface area contributed by atoms with E-state index in [1.54, 1.807) is 0 Å². The average molecular weight is 280 g/mol. The largest absolute Gasteiger partial charge is 0.325 e. The lowest BCUT2D eigenvalue weighted by molar-refractivity contribution is -0.132. The predicted molar refractivity (Wildman–Crippen MR) is 83.2 cm³/mol. The van der Waals surface area contributed by atoms with Gasteiger partial charge in [0.15, 0.2) is 0 Å². The first-order chi connectivity index (χ1) is 9.27. The van der Waals surface area contributed by atoms with Gasteiger partial charge < -0.3 is 4.90 Å². The van der Waals surface area contributed by atoms with Gasteiger partial charge >= 0.3 is 0 Å². The Morgan fingerprint density at radius 2 is 1.70 bits per heavy atom. The Morgan fingerprint density at radius 3 is 2.10 bits per heavy atom. The smallest absolute Gasteiger partial charge is 0.244 e. The van der Waals surface area contributed by atoms with E-state index in [1.807, 2.05) is 0 Å². The maximum absolute atomic E-state index is 12.7. The second kappa shape index (κ2) is 5.67. The van der Waals surface area contributed by atoms with E-state index >= 15 is 0 Å². The van der Waals surface area contributed by atoms with Crippen LogP contribution >= 0.6 is 0 Å². The SMILES string of the molecule is CC(C)CC1NC2(CC2)C(=O)N1CC(C(C)C)C(C)C. The molecule has 2 aliphatic rings. The second-order valence-corrected chi connectivity index (χ2v) is 7.98. The van der Waals surface area contributed by atoms with E-state index in [0.717, 1.165) is 25.8 Å². The maximum atomic E-state index is 12.7. The number of nitrogens with zero attached hydrogens (tertiary/aromatic N) is 1. The van der Waals surface area contributed by atoms with Gasteiger partial charge in [0.1, 0.15) is 0 Å². The van der Waals surface area contributed by atoms with Crippen LogP contribution in [0.4, 0.5) is 0 Å². The van der Waals surface area contributed by atoms with Gasteiger partial charge in [-0.1, -0.05) is 41.5 Å². The summed E-state index contributed by atoms with van der Waals surface area (Å²) in [5, 5.41) is 3.63. The van der Waals surface area contributed by atoms with Crippen LogP contribution in [-0.4, -0.2) is 29.1 Å². The molecule has 0 radical (unpaired) electrons. The number of carbonyl (C=O) groups is 1. The summed E-state index contributed by atoms with van der Waals surface area (Å²) < 4.78 is 0. The molecule has 3 nitrogen and oxygen atoms in total. The lowest BCUT2D eigenvalue weighted by atomic mass is 9.85. The highest BCUT2D eigenvalue weighted by atomic mass is 16.2. The highest BCUT2D eigenvalue weighted by Gasteiger charge is 2.59. The zero-order chi connectivity index (χ0) is 15.1. The maximum Gasteiger partial charge on any atom is 0.244 e. The van der Waals surface area contributed by atoms with Crippen LogP contribution in [0.2, 0.25) is 0 Å². The fourth-order valence-corrected chi connectivity index (χ4v) is 3.62. The molecule has 20 heavy (non-hydrogen) atoms. The molecule has 2 fully saturated rings. The number of nitrogens with one attached hydrogen (secondary N) is 1. The Hall–Kier alpha value is -0.570. The molecule has 1 amide bonds. The fraction of sp³-hybridized carbons (Fsp3) is 0.941. The van der Waals surface area contributed by atoms with Crippen molar-refractivity contribution in [2.75, 3.05) is 6.54 Å². The molecule has 116 valence electrons. The molecule has 1 atom stereocenters. The molecule has 0 aromatic rings. The Morgan fingerprint density at radius 1 is 1.15 bits per heavy atom. The number of hydrogen-bond donors (Lipinski definition) is 1. The van der Waals surface area contributed by atoms with E-state index in [9.17, 15) is 4.79 Å². The predicted octanol–water partition coefficient (Wildman–Crippen LogP) is 3.25. The number of amides is 1. The van der Waals surface area contributed by atoms with Gasteiger partial charge in [0.25, 0.3) is 0 Å². The van der Waals surface area contributed by atoms with Crippen LogP contribution in [0.15, 0.2) is 0 Å². The van der Waals surface area contributed by atoms with Crippen LogP contribution in [0.5, 0.6) is 0 Å². The van der Waals surface area contributed by atoms with Crippen molar-refractivity contribution < 1.29 is 4.79 Å². The van der Waals surface area contributed by atoms with Crippen LogP contribution in [-0.2, 0) is 4.79 Å². The van der Waals surface area contributed by atoms with Crippen LogP contribution in [0.25, 0.3) is 0 Å². The van der Waals surface area contributed by atoms with Crippen LogP contribution in [0, 0.1) is 23.7 Å². The van der Waals surface area contributed by atoms with Gasteiger partial charge in [0.2, 0.25) is 5.91 Å². The summed E-state index contributed by atoms with van der Waals surface area (Å²) in [4.78, 5) is 14.9. The molecule has 1 saturated heterocycles. The molecule has 1 saturated carbocycles. The van der Waals surface area contributed by atoms with Crippen LogP contribution < -0.4 is 5.32 Å². The molecular formula is C17H32N2O. The first kappa shape index (κ1) is 15.8. The van der Waals surface area contributed by atoms with Crippen LogP contribution in [0.3, 0.4) is 0 Å². The minimum absolute atomic E-state index is 0.169. The van der Waals surface area contributed by atoms with Crippen molar-refractivity contribution in [1.82, 2.24) is 10.2 Å². The molecule has 0 aromatic heterocycles. The van der Waals surface area contributed by atoms with Crippen molar-refractivity contribution in [2.24, 2.45) is 23.7 Å². The minimum atomic E-state index is -0.169. The van der Waals surface area contributed by atoms with Crippen LogP contribution in [0.1, 0.15) is 60.8 Å². The lowest BCUT2D eigenvalue weighted by Gasteiger charge is -2.33. The zero-order valence-corrected chi connectivity index (χ0v) is 14.1. The molecule has 1 heterocycles. The normalized spacial score (nSPS) is 25.0. The summed E-state index contributed by atoms with van der Waals surface area (Å²) in [5.41, 5.74) is -0.169. The summed E-state index contributed by atoms with van der Waals surface area (Å²) in [6, 6.07) is 0. The Balaban J connectivity index is 2.11. The third-order valence-electron chi connectivity index (χ3n) is 5.05. The Bertz CT molecular complexity index is 350. The van der Waals surface area contributed by atoms with Gasteiger partial charge in [-0.3, -0.25) is 10.1 Å². The third kappa shape index (κ3) is 3.03. The van der Waals surface area contributed by atoms with Gasteiger partial charge in [0, 0.05) is 6.54 Å². The number of carbonyl (C=O) groups excluding carboxylic acids is 1. The van der Waals surface area contributed by atoms with Crippen molar-refractivity contribution in [2.45, 2.75) is 72.5 Å². The summed E-state index contributed by atoms with van der Waals surface area (Å²) in [6.45, 7) is 14.5. The first-order valence-electron chi connectivity index (χ1n) is 8.35. The molecule has 1 N–H and O–H groups in total. The van der Waals surface area contributed by atoms with E-state index < -0.39 is 0 Å². The van der Waals surface area contributed by atoms with Crippen molar-refractivity contribution >= 4 is 5.91 Å². The molecule has 0 bridgehead atoms. The standard InChI is InChI=1S/C17H32N2O/c1-11(2)9-15-18-17(7-8-17)16(20)19(15)10-14(12(3)4)13(5)6/h11-15,18H,7-10H2,1-6H3. The number of rotatable bonds is 6. The Labute approximate surface area is 124 Å². The summed E-state index contributed by atoms with van der Waals surface area (Å²) in [6.07, 6.45) is 3.39. The van der Waals surface area contributed by atoms with Crippen molar-refractivity contribution in [3.05, 3.63) is 0 Å². The van der Waals surface area contributed by atoms with Gasteiger partial charge in [-0.05, 0) is 42.9 Å². The van der Waals surface area contributed by atoms with Crippen molar-refractivity contribution in [3.8, 4) is 0 Å². The van der Waals surface area contributed by atoms with E-state index in [2.05, 4.69) is 51.8 Å². The molecule has 1 spiro atoms. The molecule has 2 rings (SSSR count). The van der Waals surface area contributed by atoms with Crippen molar-refractivity contribution in [1.29, 1.82) is 0 Å². The summed E-state index contributed by atoms with van der Waals surface area (Å²) >= 11 is 0. The van der Waals surface area contributed by atoms with Gasteiger partial charge in [0.05, 0.1) is 11.7 Å². The second-order valence-electron chi connectivity index (χ2n) is 7.98. The zero-order valence-electron chi connectivity index (χ0n) is 14.1. The number of hydrogen-bond acceptors (Lipinski definition) is 2. The molecule has 1 aliphatic carbocycles. The quantitative estimate of drug-likeness (QED) is 0.810. The monoisotopic (exact) mass is 280 g/mol. The minimum Gasteiger partial charge on any atom is -0.325 e.